The highest BCUT2D eigenvalue weighted by Crippen LogP contribution is 2.30. The number of hydrogen-bond acceptors (Lipinski definition) is 6. The van der Waals surface area contributed by atoms with Crippen molar-refractivity contribution in [1.29, 1.82) is 0 Å². The van der Waals surface area contributed by atoms with Gasteiger partial charge in [-0.05, 0) is 49.2 Å². The van der Waals surface area contributed by atoms with Crippen LogP contribution < -0.4 is 4.90 Å². The molecule has 5 rings (SSSR count). The Kier molecular flexibility index (Phi) is 5.69. The quantitative estimate of drug-likeness (QED) is 0.473. The number of amides is 1. The molecule has 1 unspecified atom stereocenters. The van der Waals surface area contributed by atoms with E-state index in [-0.39, 0.29) is 18.4 Å². The van der Waals surface area contributed by atoms with Crippen LogP contribution >= 0.6 is 0 Å². The molecule has 0 aliphatic carbocycles. The highest BCUT2D eigenvalue weighted by atomic mass is 16.3. The lowest BCUT2D eigenvalue weighted by Gasteiger charge is -2.42. The Morgan fingerprint density at radius 3 is 2.88 bits per heavy atom. The van der Waals surface area contributed by atoms with Crippen LogP contribution in [-0.4, -0.2) is 68.1 Å². The number of pyridine rings is 2. The van der Waals surface area contributed by atoms with E-state index >= 15 is 0 Å². The van der Waals surface area contributed by atoms with E-state index in [1.165, 1.54) is 0 Å². The Bertz CT molecular complexity index is 1340. The number of aromatic nitrogens is 4. The summed E-state index contributed by atoms with van der Waals surface area (Å²) in [7, 11) is 1.75. The molecule has 4 heterocycles. The highest BCUT2D eigenvalue weighted by Gasteiger charge is 2.36. The van der Waals surface area contributed by atoms with E-state index in [9.17, 15) is 9.90 Å². The average Bonchev–Trinajstić information content (AvgIpc) is 3.27. The number of imidazole rings is 1. The van der Waals surface area contributed by atoms with Crippen LogP contribution in [0.2, 0.25) is 0 Å². The highest BCUT2D eigenvalue weighted by molar-refractivity contribution is 5.97. The van der Waals surface area contributed by atoms with Gasteiger partial charge in [0.2, 0.25) is 0 Å². The zero-order valence-electron chi connectivity index (χ0n) is 19.8. The molecule has 1 atom stereocenters. The minimum Gasteiger partial charge on any atom is -0.386 e. The van der Waals surface area contributed by atoms with Crippen molar-refractivity contribution in [2.75, 3.05) is 31.6 Å². The third-order valence-corrected chi connectivity index (χ3v) is 6.54. The second kappa shape index (κ2) is 8.68. The van der Waals surface area contributed by atoms with Crippen LogP contribution in [0, 0.1) is 0 Å². The number of benzene rings is 1. The van der Waals surface area contributed by atoms with Gasteiger partial charge in [0.15, 0.2) is 0 Å². The third kappa shape index (κ3) is 4.21. The molecule has 34 heavy (non-hydrogen) atoms. The van der Waals surface area contributed by atoms with Gasteiger partial charge in [0.1, 0.15) is 11.3 Å². The molecule has 8 heteroatoms. The minimum absolute atomic E-state index is 0.121. The van der Waals surface area contributed by atoms with E-state index in [0.717, 1.165) is 46.5 Å². The zero-order chi connectivity index (χ0) is 23.9. The fraction of sp³-hybridized carbons (Fsp3) is 0.385. The van der Waals surface area contributed by atoms with Gasteiger partial charge in [0.05, 0.1) is 34.4 Å². The van der Waals surface area contributed by atoms with E-state index < -0.39 is 5.60 Å². The maximum atomic E-state index is 13.2. The molecule has 1 aromatic carbocycles. The summed E-state index contributed by atoms with van der Waals surface area (Å²) in [6.45, 7) is 5.66. The average molecular weight is 459 g/mol. The summed E-state index contributed by atoms with van der Waals surface area (Å²) < 4.78 is 0. The fourth-order valence-corrected chi connectivity index (χ4v) is 4.84. The van der Waals surface area contributed by atoms with Crippen molar-refractivity contribution >= 4 is 33.7 Å². The zero-order valence-corrected chi connectivity index (χ0v) is 19.8. The molecule has 3 aromatic heterocycles. The van der Waals surface area contributed by atoms with Gasteiger partial charge in [-0.2, -0.15) is 0 Å². The summed E-state index contributed by atoms with van der Waals surface area (Å²) in [4.78, 5) is 33.8. The molecule has 176 valence electrons. The second-order valence-electron chi connectivity index (χ2n) is 9.62. The largest absolute Gasteiger partial charge is 0.386 e. The molecular formula is C26H30N6O2. The number of anilines is 1. The van der Waals surface area contributed by atoms with E-state index in [0.29, 0.717) is 18.5 Å². The van der Waals surface area contributed by atoms with E-state index in [2.05, 4.69) is 38.7 Å². The van der Waals surface area contributed by atoms with E-state index in [4.69, 9.17) is 0 Å². The van der Waals surface area contributed by atoms with Gasteiger partial charge in [0, 0.05) is 44.0 Å². The maximum Gasteiger partial charge on any atom is 0.253 e. The number of piperidine rings is 1. The van der Waals surface area contributed by atoms with Crippen molar-refractivity contribution < 1.29 is 9.90 Å². The molecule has 4 aromatic rings. The van der Waals surface area contributed by atoms with Gasteiger partial charge in [-0.25, -0.2) is 4.98 Å². The predicted octanol–water partition coefficient (Wildman–Crippen LogP) is 3.73. The standard InChI is InChI=1S/C26H30N6O2/c1-17(2)24-29-19-8-7-18(14-21(19)30-24)25(33)31(3)15-26(34)10-5-13-32(16-26)22-9-12-27-20-6-4-11-28-23(20)22/h4,6-9,11-12,14,17,34H,5,10,13,15-16H2,1-3H3,(H,29,30). The number of nitrogens with zero attached hydrogens (tertiary/aromatic N) is 5. The molecule has 0 spiro atoms. The van der Waals surface area contributed by atoms with Gasteiger partial charge < -0.3 is 19.9 Å². The number of H-pyrrole nitrogens is 1. The summed E-state index contributed by atoms with van der Waals surface area (Å²) in [6.07, 6.45) is 5.00. The molecule has 2 N–H and O–H groups in total. The van der Waals surface area contributed by atoms with Crippen LogP contribution in [0.1, 0.15) is 48.8 Å². The summed E-state index contributed by atoms with van der Waals surface area (Å²) in [5.74, 6) is 1.07. The van der Waals surface area contributed by atoms with Crippen LogP contribution in [0.25, 0.3) is 22.1 Å². The topological polar surface area (TPSA) is 98.2 Å². The molecule has 1 aliphatic heterocycles. The number of nitrogens with one attached hydrogen (secondary N) is 1. The van der Waals surface area contributed by atoms with Crippen molar-refractivity contribution in [3.05, 3.63) is 60.2 Å². The van der Waals surface area contributed by atoms with Crippen molar-refractivity contribution in [1.82, 2.24) is 24.8 Å². The van der Waals surface area contributed by atoms with Crippen LogP contribution in [0.15, 0.2) is 48.8 Å². The van der Waals surface area contributed by atoms with Gasteiger partial charge in [-0.3, -0.25) is 14.8 Å². The van der Waals surface area contributed by atoms with Gasteiger partial charge in [0.25, 0.3) is 5.91 Å². The third-order valence-electron chi connectivity index (χ3n) is 6.54. The number of likely N-dealkylation sites (N-methyl/N-ethyl adjacent to an activating group) is 1. The van der Waals surface area contributed by atoms with Crippen LogP contribution in [0.4, 0.5) is 5.69 Å². The molecule has 1 amide bonds. The Morgan fingerprint density at radius 1 is 1.21 bits per heavy atom. The number of aromatic amines is 1. The number of rotatable bonds is 5. The van der Waals surface area contributed by atoms with Crippen LogP contribution in [-0.2, 0) is 0 Å². The van der Waals surface area contributed by atoms with E-state index in [1.54, 1.807) is 30.4 Å². The Balaban J connectivity index is 1.33. The fourth-order valence-electron chi connectivity index (χ4n) is 4.84. The number of carbonyl (C=O) groups excluding carboxylic acids is 1. The molecule has 1 saturated heterocycles. The lowest BCUT2D eigenvalue weighted by molar-refractivity contribution is 0.0000673. The summed E-state index contributed by atoms with van der Waals surface area (Å²) in [5.41, 5.74) is 3.88. The molecular weight excluding hydrogens is 428 g/mol. The van der Waals surface area contributed by atoms with Crippen molar-refractivity contribution in [3.8, 4) is 0 Å². The first kappa shape index (κ1) is 22.3. The molecule has 0 radical (unpaired) electrons. The summed E-state index contributed by atoms with van der Waals surface area (Å²) >= 11 is 0. The monoisotopic (exact) mass is 458 g/mol. The first-order chi connectivity index (χ1) is 16.3. The van der Waals surface area contributed by atoms with Crippen molar-refractivity contribution in [2.24, 2.45) is 0 Å². The lowest BCUT2D eigenvalue weighted by Crippen LogP contribution is -2.54. The minimum atomic E-state index is -1.02. The van der Waals surface area contributed by atoms with Crippen molar-refractivity contribution in [2.45, 2.75) is 38.2 Å². The molecule has 1 fully saturated rings. The molecule has 0 bridgehead atoms. The van der Waals surface area contributed by atoms with Gasteiger partial charge in [-0.15, -0.1) is 0 Å². The van der Waals surface area contributed by atoms with Crippen LogP contribution in [0.3, 0.4) is 0 Å². The first-order valence-electron chi connectivity index (χ1n) is 11.8. The normalized spacial score (nSPS) is 18.7. The Hall–Kier alpha value is -3.52. The number of hydrogen-bond donors (Lipinski definition) is 2. The SMILES string of the molecule is CC(C)c1nc2ccc(C(=O)N(C)CC3(O)CCCN(c4ccnc5cccnc45)C3)cc2[nH]1. The second-order valence-corrected chi connectivity index (χ2v) is 9.62. The first-order valence-corrected chi connectivity index (χ1v) is 11.8. The number of β-amino-alcohol motifs (C(OH)–C–C–N with tert-alkyl or cyclic N) is 1. The Labute approximate surface area is 198 Å². The summed E-state index contributed by atoms with van der Waals surface area (Å²) in [6, 6.07) is 11.3. The number of carbonyl (C=O) groups is 1. The van der Waals surface area contributed by atoms with Gasteiger partial charge in [-0.1, -0.05) is 13.8 Å². The van der Waals surface area contributed by atoms with E-state index in [1.807, 2.05) is 30.3 Å². The molecule has 8 nitrogen and oxygen atoms in total. The Morgan fingerprint density at radius 2 is 2.06 bits per heavy atom. The van der Waals surface area contributed by atoms with Crippen LogP contribution in [0.5, 0.6) is 0 Å². The number of aliphatic hydroxyl groups is 1. The molecule has 0 saturated carbocycles. The maximum absolute atomic E-state index is 13.2. The predicted molar refractivity (Wildman–Crippen MR) is 133 cm³/mol. The van der Waals surface area contributed by atoms with Gasteiger partial charge >= 0.3 is 0 Å². The molecule has 1 aliphatic rings. The smallest absolute Gasteiger partial charge is 0.253 e. The lowest BCUT2D eigenvalue weighted by atomic mass is 9.91. The summed E-state index contributed by atoms with van der Waals surface area (Å²) in [5, 5.41) is 11.5. The number of fused-ring (bicyclic) bond motifs is 2. The van der Waals surface area contributed by atoms with Crippen molar-refractivity contribution in [3.63, 3.8) is 0 Å².